The van der Waals surface area contributed by atoms with Crippen molar-refractivity contribution in [3.05, 3.63) is 30.1 Å². The third-order valence-electron chi connectivity index (χ3n) is 4.42. The first kappa shape index (κ1) is 15.5. The minimum absolute atomic E-state index is 0.411. The third kappa shape index (κ3) is 2.89. The Morgan fingerprint density at radius 1 is 1.25 bits per heavy atom. The summed E-state index contributed by atoms with van der Waals surface area (Å²) in [5.74, 6) is 2.29. The van der Waals surface area contributed by atoms with Crippen molar-refractivity contribution in [2.24, 2.45) is 0 Å². The van der Waals surface area contributed by atoms with Crippen LogP contribution in [0.1, 0.15) is 31.5 Å². The maximum Gasteiger partial charge on any atom is 0.234 e. The maximum atomic E-state index is 5.50. The van der Waals surface area contributed by atoms with Crippen molar-refractivity contribution < 1.29 is 4.74 Å². The van der Waals surface area contributed by atoms with E-state index >= 15 is 0 Å². The Labute approximate surface area is 145 Å². The Balaban J connectivity index is 1.64. The molecule has 1 unspecified atom stereocenters. The fourth-order valence-corrected chi connectivity index (χ4v) is 4.09. The van der Waals surface area contributed by atoms with Crippen LogP contribution in [0.2, 0.25) is 0 Å². The molecule has 1 atom stereocenters. The molecule has 0 N–H and O–H groups in total. The van der Waals surface area contributed by atoms with E-state index in [1.165, 1.54) is 6.42 Å². The van der Waals surface area contributed by atoms with Gasteiger partial charge in [0.1, 0.15) is 10.8 Å². The van der Waals surface area contributed by atoms with E-state index in [2.05, 4.69) is 22.1 Å². The van der Waals surface area contributed by atoms with Crippen molar-refractivity contribution in [3.63, 3.8) is 0 Å². The molecule has 1 fully saturated rings. The number of nitrogens with zero attached hydrogens (tertiary/aromatic N) is 5. The van der Waals surface area contributed by atoms with Crippen LogP contribution in [-0.2, 0) is 0 Å². The lowest BCUT2D eigenvalue weighted by molar-refractivity contribution is 0.244. The minimum atomic E-state index is 0.411. The highest BCUT2D eigenvalue weighted by atomic mass is 32.1. The topological polar surface area (TPSA) is 55.6 Å². The van der Waals surface area contributed by atoms with E-state index in [0.29, 0.717) is 12.5 Å². The van der Waals surface area contributed by atoms with Crippen LogP contribution in [-0.4, -0.2) is 51.5 Å². The number of aromatic nitrogens is 4. The second kappa shape index (κ2) is 6.49. The summed E-state index contributed by atoms with van der Waals surface area (Å²) in [6.45, 7) is 4.85. The van der Waals surface area contributed by atoms with E-state index in [9.17, 15) is 0 Å². The van der Waals surface area contributed by atoms with Gasteiger partial charge in [-0.3, -0.25) is 0 Å². The Morgan fingerprint density at radius 3 is 2.83 bits per heavy atom. The number of piperidine rings is 1. The summed E-state index contributed by atoms with van der Waals surface area (Å²) in [5.41, 5.74) is 1.08. The third-order valence-corrected chi connectivity index (χ3v) is 5.36. The molecule has 1 aromatic carbocycles. The van der Waals surface area contributed by atoms with E-state index in [1.807, 2.05) is 35.7 Å². The van der Waals surface area contributed by atoms with Gasteiger partial charge in [-0.25, -0.2) is 0 Å². The summed E-state index contributed by atoms with van der Waals surface area (Å²) >= 11 is 1.58. The first-order valence-electron chi connectivity index (χ1n) is 8.38. The largest absolute Gasteiger partial charge is 0.494 e. The number of likely N-dealkylation sites (N-methyl/N-ethyl adjacent to an activating group) is 1. The second-order valence-corrected chi connectivity index (χ2v) is 7.17. The molecular formula is C17H21N5OS. The number of ether oxygens (including phenoxy) is 1. The summed E-state index contributed by atoms with van der Waals surface area (Å²) in [6.07, 6.45) is 2.35. The van der Waals surface area contributed by atoms with Crippen LogP contribution in [0.3, 0.4) is 0 Å². The minimum Gasteiger partial charge on any atom is -0.494 e. The van der Waals surface area contributed by atoms with E-state index in [-0.39, 0.29) is 0 Å². The van der Waals surface area contributed by atoms with Crippen LogP contribution < -0.4 is 4.74 Å². The molecular weight excluding hydrogens is 322 g/mol. The van der Waals surface area contributed by atoms with Crippen molar-refractivity contribution in [1.29, 1.82) is 0 Å². The molecule has 6 nitrogen and oxygen atoms in total. The second-order valence-electron chi connectivity index (χ2n) is 6.22. The zero-order valence-corrected chi connectivity index (χ0v) is 14.8. The van der Waals surface area contributed by atoms with Crippen LogP contribution in [0.5, 0.6) is 5.75 Å². The molecule has 0 amide bonds. The smallest absolute Gasteiger partial charge is 0.234 e. The van der Waals surface area contributed by atoms with Crippen LogP contribution in [0.15, 0.2) is 24.3 Å². The number of fused-ring (bicyclic) bond motifs is 1. The van der Waals surface area contributed by atoms with Gasteiger partial charge < -0.3 is 9.64 Å². The standard InChI is InChI=1S/C17H21N5OS/c1-3-23-14-8-6-12(7-9-14)16-20-22-15(18-19-17(22)24-16)13-5-4-10-21(2)11-13/h6-9,13H,3-5,10-11H2,1-2H3. The molecule has 0 aliphatic carbocycles. The SMILES string of the molecule is CCOc1ccc(-c2nn3c(C4CCCN(C)C4)nnc3s2)cc1. The Kier molecular flexibility index (Phi) is 4.20. The molecule has 126 valence electrons. The Hall–Kier alpha value is -1.99. The van der Waals surface area contributed by atoms with Gasteiger partial charge in [-0.1, -0.05) is 11.3 Å². The van der Waals surface area contributed by atoms with Crippen LogP contribution in [0.25, 0.3) is 15.5 Å². The molecule has 2 aromatic heterocycles. The Morgan fingerprint density at radius 2 is 2.08 bits per heavy atom. The van der Waals surface area contributed by atoms with Crippen LogP contribution in [0.4, 0.5) is 0 Å². The highest BCUT2D eigenvalue weighted by Gasteiger charge is 2.25. The molecule has 3 aromatic rings. The lowest BCUT2D eigenvalue weighted by Gasteiger charge is -2.28. The van der Waals surface area contributed by atoms with Gasteiger partial charge in [0.15, 0.2) is 5.82 Å². The first-order chi connectivity index (χ1) is 11.7. The van der Waals surface area contributed by atoms with Gasteiger partial charge >= 0.3 is 0 Å². The number of likely N-dealkylation sites (tertiary alicyclic amines) is 1. The highest BCUT2D eigenvalue weighted by Crippen LogP contribution is 2.30. The predicted molar refractivity (Wildman–Crippen MR) is 94.7 cm³/mol. The number of hydrogen-bond acceptors (Lipinski definition) is 6. The van der Waals surface area contributed by atoms with E-state index in [4.69, 9.17) is 9.84 Å². The van der Waals surface area contributed by atoms with Crippen LogP contribution in [0, 0.1) is 0 Å². The highest BCUT2D eigenvalue weighted by molar-refractivity contribution is 7.19. The number of benzene rings is 1. The van der Waals surface area contributed by atoms with Gasteiger partial charge in [-0.2, -0.15) is 9.61 Å². The average Bonchev–Trinajstić information content (AvgIpc) is 3.16. The molecule has 7 heteroatoms. The molecule has 0 spiro atoms. The van der Waals surface area contributed by atoms with Gasteiger partial charge in [0.25, 0.3) is 0 Å². The predicted octanol–water partition coefficient (Wildman–Crippen LogP) is 3.06. The summed E-state index contributed by atoms with van der Waals surface area (Å²) in [6, 6.07) is 8.06. The molecule has 1 aliphatic heterocycles. The lowest BCUT2D eigenvalue weighted by Crippen LogP contribution is -2.31. The number of hydrogen-bond donors (Lipinski definition) is 0. The summed E-state index contributed by atoms with van der Waals surface area (Å²) < 4.78 is 7.43. The monoisotopic (exact) mass is 343 g/mol. The van der Waals surface area contributed by atoms with Gasteiger partial charge in [-0.15, -0.1) is 10.2 Å². The average molecular weight is 343 g/mol. The lowest BCUT2D eigenvalue weighted by atomic mass is 9.98. The molecule has 0 bridgehead atoms. The Bertz CT molecular complexity index is 825. The zero-order chi connectivity index (χ0) is 16.5. The van der Waals surface area contributed by atoms with Crippen molar-refractivity contribution in [2.75, 3.05) is 26.7 Å². The number of rotatable bonds is 4. The summed E-state index contributed by atoms with van der Waals surface area (Å²) in [4.78, 5) is 3.22. The zero-order valence-electron chi connectivity index (χ0n) is 14.0. The molecule has 3 heterocycles. The van der Waals surface area contributed by atoms with Gasteiger partial charge in [-0.05, 0) is 57.6 Å². The van der Waals surface area contributed by atoms with Gasteiger partial charge in [0.05, 0.1) is 6.61 Å². The molecule has 1 aliphatic rings. The van der Waals surface area contributed by atoms with Gasteiger partial charge in [0.2, 0.25) is 4.96 Å². The molecule has 0 saturated carbocycles. The van der Waals surface area contributed by atoms with Crippen molar-refractivity contribution >= 4 is 16.3 Å². The van der Waals surface area contributed by atoms with E-state index in [0.717, 1.165) is 46.6 Å². The van der Waals surface area contributed by atoms with Gasteiger partial charge in [0, 0.05) is 18.0 Å². The first-order valence-corrected chi connectivity index (χ1v) is 9.20. The van der Waals surface area contributed by atoms with Crippen LogP contribution >= 0.6 is 11.3 Å². The molecule has 4 rings (SSSR count). The van der Waals surface area contributed by atoms with E-state index in [1.54, 1.807) is 11.3 Å². The normalized spacial score (nSPS) is 19.0. The quantitative estimate of drug-likeness (QED) is 0.729. The van der Waals surface area contributed by atoms with Crippen molar-refractivity contribution in [1.82, 2.24) is 24.7 Å². The maximum absolute atomic E-state index is 5.50. The van der Waals surface area contributed by atoms with Crippen molar-refractivity contribution in [2.45, 2.75) is 25.7 Å². The summed E-state index contributed by atoms with van der Waals surface area (Å²) in [5, 5.41) is 14.5. The van der Waals surface area contributed by atoms with Crippen molar-refractivity contribution in [3.8, 4) is 16.3 Å². The summed E-state index contributed by atoms with van der Waals surface area (Å²) in [7, 11) is 2.16. The molecule has 24 heavy (non-hydrogen) atoms. The van der Waals surface area contributed by atoms with E-state index < -0.39 is 0 Å². The fourth-order valence-electron chi connectivity index (χ4n) is 3.24. The fraction of sp³-hybridized carbons (Fsp3) is 0.471. The molecule has 1 saturated heterocycles. The molecule has 0 radical (unpaired) electrons.